The van der Waals surface area contributed by atoms with Gasteiger partial charge in [-0.2, -0.15) is 0 Å². The lowest BCUT2D eigenvalue weighted by molar-refractivity contribution is -0.255. The molecule has 0 aliphatic heterocycles. The van der Waals surface area contributed by atoms with Crippen LogP contribution in [0, 0.1) is 0 Å². The zero-order valence-electron chi connectivity index (χ0n) is 9.50. The molecule has 0 fully saturated rings. The SMILES string of the molecule is O=C([O-])c1[nH]c(C(=O)[O-])c(-c2cccc(Cl)c2Cl)c1Cl. The Morgan fingerprint density at radius 2 is 1.55 bits per heavy atom. The summed E-state index contributed by atoms with van der Waals surface area (Å²) in [5.74, 6) is -3.28. The van der Waals surface area contributed by atoms with Crippen LogP contribution in [0.15, 0.2) is 18.2 Å². The summed E-state index contributed by atoms with van der Waals surface area (Å²) in [5.41, 5.74) is -1.03. The molecule has 1 heterocycles. The van der Waals surface area contributed by atoms with Crippen molar-refractivity contribution in [2.24, 2.45) is 0 Å². The first-order valence-corrected chi connectivity index (χ1v) is 6.26. The predicted molar refractivity (Wildman–Crippen MR) is 69.9 cm³/mol. The quantitative estimate of drug-likeness (QED) is 0.918. The number of nitrogens with one attached hydrogen (secondary N) is 1. The highest BCUT2D eigenvalue weighted by Crippen LogP contribution is 2.40. The average molecular weight is 333 g/mol. The number of rotatable bonds is 3. The number of carboxylic acid groups (broad SMARTS) is 2. The maximum Gasteiger partial charge on any atom is 0.0893 e. The number of aromatic amines is 1. The van der Waals surface area contributed by atoms with E-state index in [9.17, 15) is 19.8 Å². The molecule has 0 radical (unpaired) electrons. The van der Waals surface area contributed by atoms with Crippen molar-refractivity contribution in [2.45, 2.75) is 0 Å². The second-order valence-corrected chi connectivity index (χ2v) is 4.90. The first-order chi connectivity index (χ1) is 9.34. The van der Waals surface area contributed by atoms with Crippen LogP contribution in [-0.2, 0) is 0 Å². The third kappa shape index (κ3) is 2.35. The van der Waals surface area contributed by atoms with Gasteiger partial charge in [0.05, 0.1) is 38.4 Å². The van der Waals surface area contributed by atoms with E-state index < -0.39 is 23.3 Å². The van der Waals surface area contributed by atoms with Gasteiger partial charge in [0.15, 0.2) is 0 Å². The number of halogens is 3. The Kier molecular flexibility index (Phi) is 3.94. The van der Waals surface area contributed by atoms with Crippen LogP contribution in [0.25, 0.3) is 11.1 Å². The molecular weight excluding hydrogens is 328 g/mol. The Hall–Kier alpha value is -1.69. The number of carboxylic acids is 2. The van der Waals surface area contributed by atoms with Gasteiger partial charge in [0.2, 0.25) is 0 Å². The van der Waals surface area contributed by atoms with Crippen molar-refractivity contribution < 1.29 is 19.8 Å². The molecule has 8 heteroatoms. The van der Waals surface area contributed by atoms with E-state index in [0.717, 1.165) is 0 Å². The Morgan fingerprint density at radius 3 is 2.10 bits per heavy atom. The highest BCUT2D eigenvalue weighted by atomic mass is 35.5. The number of aromatic nitrogens is 1. The summed E-state index contributed by atoms with van der Waals surface area (Å²) in [6, 6.07) is 4.46. The normalized spacial score (nSPS) is 10.6. The molecule has 5 nitrogen and oxygen atoms in total. The second kappa shape index (κ2) is 5.36. The van der Waals surface area contributed by atoms with E-state index in [2.05, 4.69) is 4.98 Å². The first kappa shape index (κ1) is 14.7. The number of H-pyrrole nitrogens is 1. The highest BCUT2D eigenvalue weighted by Gasteiger charge is 2.21. The molecule has 1 aromatic heterocycles. The summed E-state index contributed by atoms with van der Waals surface area (Å²) in [4.78, 5) is 24.1. The summed E-state index contributed by atoms with van der Waals surface area (Å²) in [6.07, 6.45) is 0. The molecule has 1 N–H and O–H groups in total. The van der Waals surface area contributed by atoms with Gasteiger partial charge in [0.1, 0.15) is 0 Å². The molecule has 0 aliphatic rings. The van der Waals surface area contributed by atoms with Crippen molar-refractivity contribution in [1.29, 1.82) is 0 Å². The van der Waals surface area contributed by atoms with Crippen LogP contribution < -0.4 is 10.2 Å². The summed E-state index contributed by atoms with van der Waals surface area (Å²) in [6.45, 7) is 0. The molecule has 2 aromatic rings. The van der Waals surface area contributed by atoms with Crippen LogP contribution in [0.2, 0.25) is 15.1 Å². The fraction of sp³-hybridized carbons (Fsp3) is 0. The van der Waals surface area contributed by atoms with Gasteiger partial charge in [-0.15, -0.1) is 0 Å². The summed E-state index contributed by atoms with van der Waals surface area (Å²) in [5, 5.41) is 21.9. The van der Waals surface area contributed by atoms with Crippen LogP contribution in [0.3, 0.4) is 0 Å². The van der Waals surface area contributed by atoms with Crippen LogP contribution in [0.4, 0.5) is 0 Å². The lowest BCUT2D eigenvalue weighted by Gasteiger charge is -2.08. The second-order valence-electron chi connectivity index (χ2n) is 3.74. The van der Waals surface area contributed by atoms with Gasteiger partial charge in [-0.3, -0.25) is 0 Å². The zero-order valence-corrected chi connectivity index (χ0v) is 11.8. The minimum absolute atomic E-state index is 0.0439. The maximum absolute atomic E-state index is 11.1. The molecule has 104 valence electrons. The fourth-order valence-electron chi connectivity index (χ4n) is 1.72. The van der Waals surface area contributed by atoms with E-state index in [0.29, 0.717) is 0 Å². The van der Waals surface area contributed by atoms with E-state index in [1.165, 1.54) is 18.2 Å². The fourth-order valence-corrected chi connectivity index (χ4v) is 2.44. The Balaban J connectivity index is 2.82. The number of hydrogen-bond acceptors (Lipinski definition) is 4. The van der Waals surface area contributed by atoms with Gasteiger partial charge in [-0.05, 0) is 6.07 Å². The monoisotopic (exact) mass is 331 g/mol. The Labute approximate surface area is 127 Å². The topological polar surface area (TPSA) is 96.0 Å². The third-order valence-electron chi connectivity index (χ3n) is 2.57. The van der Waals surface area contributed by atoms with Crippen LogP contribution in [0.1, 0.15) is 21.0 Å². The number of hydrogen-bond donors (Lipinski definition) is 1. The standard InChI is InChI=1S/C12H6Cl3NO4/c13-5-3-1-2-4(7(5)14)6-8(15)10(12(19)20)16-9(6)11(17)18/h1-3,16H,(H,17,18)(H,19,20)/p-2. The molecule has 0 atom stereocenters. The van der Waals surface area contributed by atoms with Crippen molar-refractivity contribution >= 4 is 46.7 Å². The van der Waals surface area contributed by atoms with Gasteiger partial charge in [-0.25, -0.2) is 0 Å². The predicted octanol–water partition coefficient (Wildman–Crippen LogP) is 1.37. The number of benzene rings is 1. The molecule has 1 aromatic carbocycles. The molecule has 20 heavy (non-hydrogen) atoms. The van der Waals surface area contributed by atoms with Gasteiger partial charge >= 0.3 is 0 Å². The minimum Gasteiger partial charge on any atom is -0.543 e. The van der Waals surface area contributed by atoms with Crippen molar-refractivity contribution in [3.63, 3.8) is 0 Å². The van der Waals surface area contributed by atoms with E-state index in [4.69, 9.17) is 34.8 Å². The van der Waals surface area contributed by atoms with E-state index >= 15 is 0 Å². The zero-order chi connectivity index (χ0) is 15.0. The lowest BCUT2D eigenvalue weighted by Crippen LogP contribution is -2.25. The van der Waals surface area contributed by atoms with Gasteiger partial charge < -0.3 is 24.8 Å². The number of carbonyl (C=O) groups is 2. The van der Waals surface area contributed by atoms with Crippen LogP contribution in [0.5, 0.6) is 0 Å². The Morgan fingerprint density at radius 1 is 0.950 bits per heavy atom. The highest BCUT2D eigenvalue weighted by molar-refractivity contribution is 6.44. The first-order valence-electron chi connectivity index (χ1n) is 5.13. The van der Waals surface area contributed by atoms with Gasteiger partial charge in [-0.1, -0.05) is 46.9 Å². The minimum atomic E-state index is -1.65. The third-order valence-corrected chi connectivity index (χ3v) is 3.77. The Bertz CT molecular complexity index is 724. The number of carbonyl (C=O) groups excluding carboxylic acids is 2. The van der Waals surface area contributed by atoms with Crippen molar-refractivity contribution in [1.82, 2.24) is 4.98 Å². The molecule has 0 aliphatic carbocycles. The smallest absolute Gasteiger partial charge is 0.0893 e. The molecule has 0 bridgehead atoms. The van der Waals surface area contributed by atoms with Gasteiger partial charge in [0, 0.05) is 11.1 Å². The molecule has 0 saturated heterocycles. The van der Waals surface area contributed by atoms with Crippen molar-refractivity contribution in [2.75, 3.05) is 0 Å². The molecular formula is C12H4Cl3NO4-2. The summed E-state index contributed by atoms with van der Waals surface area (Å²) >= 11 is 17.7. The van der Waals surface area contributed by atoms with Crippen molar-refractivity contribution in [3.8, 4) is 11.1 Å². The molecule has 0 amide bonds. The molecule has 0 saturated carbocycles. The summed E-state index contributed by atoms with van der Waals surface area (Å²) < 4.78 is 0. The lowest BCUT2D eigenvalue weighted by atomic mass is 10.1. The molecule has 0 spiro atoms. The van der Waals surface area contributed by atoms with Crippen LogP contribution >= 0.6 is 34.8 Å². The van der Waals surface area contributed by atoms with Crippen molar-refractivity contribution in [3.05, 3.63) is 44.7 Å². The molecule has 0 unspecified atom stereocenters. The average Bonchev–Trinajstić information content (AvgIpc) is 2.71. The van der Waals surface area contributed by atoms with E-state index in [1.807, 2.05) is 0 Å². The number of aromatic carboxylic acids is 2. The molecule has 2 rings (SSSR count). The largest absolute Gasteiger partial charge is 0.543 e. The van der Waals surface area contributed by atoms with E-state index in [-0.39, 0.29) is 26.2 Å². The maximum atomic E-state index is 11.1. The summed E-state index contributed by atoms with van der Waals surface area (Å²) in [7, 11) is 0. The van der Waals surface area contributed by atoms with E-state index in [1.54, 1.807) is 0 Å². The van der Waals surface area contributed by atoms with Gasteiger partial charge in [0.25, 0.3) is 0 Å². The van der Waals surface area contributed by atoms with Crippen LogP contribution in [-0.4, -0.2) is 16.9 Å².